The molecule has 2 rings (SSSR count). The number of benzene rings is 1. The third-order valence-corrected chi connectivity index (χ3v) is 4.37. The highest BCUT2D eigenvalue weighted by molar-refractivity contribution is 5.25. The molecule has 1 saturated heterocycles. The third-order valence-electron chi connectivity index (χ3n) is 4.37. The largest absolute Gasteiger partial charge is 0.380 e. The van der Waals surface area contributed by atoms with Crippen LogP contribution in [0.5, 0.6) is 0 Å². The molecule has 0 aromatic heterocycles. The molecule has 0 amide bonds. The van der Waals surface area contributed by atoms with Crippen LogP contribution in [0.25, 0.3) is 0 Å². The molecule has 0 bridgehead atoms. The summed E-state index contributed by atoms with van der Waals surface area (Å²) in [6.07, 6.45) is 3.54. The first-order valence-corrected chi connectivity index (χ1v) is 8.34. The second kappa shape index (κ2) is 8.52. The van der Waals surface area contributed by atoms with E-state index in [0.29, 0.717) is 12.1 Å². The maximum atomic E-state index is 5.51. The maximum Gasteiger partial charge on any atom is 0.0622 e. The van der Waals surface area contributed by atoms with E-state index in [1.54, 1.807) is 0 Å². The summed E-state index contributed by atoms with van der Waals surface area (Å²) in [6, 6.07) is 10.1. The van der Waals surface area contributed by atoms with Crippen LogP contribution in [0.2, 0.25) is 0 Å². The number of aryl methyl sites for hydroxylation is 1. The van der Waals surface area contributed by atoms with Gasteiger partial charge in [0.15, 0.2) is 0 Å². The quantitative estimate of drug-likeness (QED) is 0.796. The van der Waals surface area contributed by atoms with E-state index in [-0.39, 0.29) is 0 Å². The van der Waals surface area contributed by atoms with E-state index in [1.165, 1.54) is 24.0 Å². The molecule has 21 heavy (non-hydrogen) atoms. The predicted octanol–water partition coefficient (Wildman–Crippen LogP) is 3.01. The molecule has 3 nitrogen and oxygen atoms in total. The molecular formula is C18H30N2O. The first-order valence-electron chi connectivity index (χ1n) is 8.34. The van der Waals surface area contributed by atoms with Gasteiger partial charge in [-0.25, -0.2) is 0 Å². The molecule has 0 saturated carbocycles. The van der Waals surface area contributed by atoms with E-state index in [4.69, 9.17) is 4.74 Å². The van der Waals surface area contributed by atoms with E-state index in [1.807, 2.05) is 0 Å². The van der Waals surface area contributed by atoms with E-state index in [0.717, 1.165) is 32.7 Å². The molecular weight excluding hydrogens is 260 g/mol. The van der Waals surface area contributed by atoms with Gasteiger partial charge in [0.1, 0.15) is 0 Å². The van der Waals surface area contributed by atoms with Crippen LogP contribution >= 0.6 is 0 Å². The van der Waals surface area contributed by atoms with E-state index >= 15 is 0 Å². The van der Waals surface area contributed by atoms with Gasteiger partial charge in [-0.15, -0.1) is 0 Å². The molecule has 1 aromatic rings. The zero-order valence-electron chi connectivity index (χ0n) is 13.8. The van der Waals surface area contributed by atoms with Crippen molar-refractivity contribution in [3.8, 4) is 0 Å². The molecule has 1 N–H and O–H groups in total. The Balaban J connectivity index is 1.99. The van der Waals surface area contributed by atoms with Crippen LogP contribution in [0.4, 0.5) is 0 Å². The molecule has 0 radical (unpaired) electrons. The lowest BCUT2D eigenvalue weighted by molar-refractivity contribution is 0.153. The molecule has 1 fully saturated rings. The highest BCUT2D eigenvalue weighted by atomic mass is 16.5. The molecule has 1 heterocycles. The summed E-state index contributed by atoms with van der Waals surface area (Å²) in [4.78, 5) is 2.44. The van der Waals surface area contributed by atoms with Gasteiger partial charge < -0.3 is 10.1 Å². The molecule has 1 aromatic carbocycles. The number of rotatable bonds is 8. The van der Waals surface area contributed by atoms with Crippen LogP contribution in [0.15, 0.2) is 24.3 Å². The van der Waals surface area contributed by atoms with Gasteiger partial charge in [0.05, 0.1) is 6.61 Å². The van der Waals surface area contributed by atoms with Crippen molar-refractivity contribution in [1.29, 1.82) is 0 Å². The second-order valence-corrected chi connectivity index (χ2v) is 6.06. The Bertz CT molecular complexity index is 398. The van der Waals surface area contributed by atoms with Crippen molar-refractivity contribution in [3.63, 3.8) is 0 Å². The van der Waals surface area contributed by atoms with Gasteiger partial charge in [-0.2, -0.15) is 0 Å². The van der Waals surface area contributed by atoms with Crippen molar-refractivity contribution in [2.24, 2.45) is 0 Å². The van der Waals surface area contributed by atoms with Gasteiger partial charge in [0.2, 0.25) is 0 Å². The minimum atomic E-state index is 0.399. The first-order chi connectivity index (χ1) is 10.2. The lowest BCUT2D eigenvalue weighted by Crippen LogP contribution is -2.39. The van der Waals surface area contributed by atoms with Crippen LogP contribution in [0.3, 0.4) is 0 Å². The number of nitrogens with zero attached hydrogens (tertiary/aromatic N) is 1. The average Bonchev–Trinajstić information content (AvgIpc) is 3.02. The van der Waals surface area contributed by atoms with Crippen LogP contribution < -0.4 is 5.32 Å². The van der Waals surface area contributed by atoms with Crippen molar-refractivity contribution in [3.05, 3.63) is 35.4 Å². The second-order valence-electron chi connectivity index (χ2n) is 6.06. The van der Waals surface area contributed by atoms with E-state index in [9.17, 15) is 0 Å². The Morgan fingerprint density at radius 1 is 1.29 bits per heavy atom. The van der Waals surface area contributed by atoms with Crippen molar-refractivity contribution < 1.29 is 4.74 Å². The fourth-order valence-electron chi connectivity index (χ4n) is 3.05. The molecule has 3 heteroatoms. The van der Waals surface area contributed by atoms with Gasteiger partial charge in [-0.3, -0.25) is 4.90 Å². The number of nitrogens with one attached hydrogen (secondary N) is 1. The van der Waals surface area contributed by atoms with Gasteiger partial charge in [0, 0.05) is 25.2 Å². The molecule has 118 valence electrons. The number of hydrogen-bond acceptors (Lipinski definition) is 3. The Morgan fingerprint density at radius 2 is 2.05 bits per heavy atom. The Hall–Kier alpha value is -0.900. The van der Waals surface area contributed by atoms with Crippen LogP contribution in [0, 0.1) is 0 Å². The normalized spacial score (nSPS) is 20.1. The zero-order valence-corrected chi connectivity index (χ0v) is 13.8. The van der Waals surface area contributed by atoms with Crippen LogP contribution in [-0.2, 0) is 11.2 Å². The maximum absolute atomic E-state index is 5.51. The summed E-state index contributed by atoms with van der Waals surface area (Å²) in [5.74, 6) is 0. The third kappa shape index (κ3) is 4.80. The van der Waals surface area contributed by atoms with Crippen LogP contribution in [-0.4, -0.2) is 44.3 Å². The fraction of sp³-hybridized carbons (Fsp3) is 0.667. The number of ether oxygens (including phenoxy) is 1. The average molecular weight is 290 g/mol. The van der Waals surface area contributed by atoms with Crippen molar-refractivity contribution in [2.75, 3.05) is 33.4 Å². The minimum absolute atomic E-state index is 0.399. The van der Waals surface area contributed by atoms with Crippen molar-refractivity contribution >= 4 is 0 Å². The molecule has 1 aliphatic rings. The molecule has 2 atom stereocenters. The smallest absolute Gasteiger partial charge is 0.0622 e. The minimum Gasteiger partial charge on any atom is -0.380 e. The monoisotopic (exact) mass is 290 g/mol. The van der Waals surface area contributed by atoms with Gasteiger partial charge in [-0.05, 0) is 37.6 Å². The van der Waals surface area contributed by atoms with Crippen molar-refractivity contribution in [1.82, 2.24) is 10.2 Å². The topological polar surface area (TPSA) is 24.5 Å². The van der Waals surface area contributed by atoms with Crippen molar-refractivity contribution in [2.45, 2.75) is 45.2 Å². The SMILES string of the molecule is CCCc1ccc(C(CN(C)C2CCOC2)NCC)cc1. The number of likely N-dealkylation sites (N-methyl/N-ethyl adjacent to an activating group) is 2. The summed E-state index contributed by atoms with van der Waals surface area (Å²) >= 11 is 0. The molecule has 1 aliphatic heterocycles. The molecule has 0 spiro atoms. The molecule has 0 aliphatic carbocycles. The lowest BCUT2D eigenvalue weighted by atomic mass is 10.0. The Labute approximate surface area is 129 Å². The summed E-state index contributed by atoms with van der Waals surface area (Å²) in [5, 5.41) is 3.62. The highest BCUT2D eigenvalue weighted by Crippen LogP contribution is 2.19. The Morgan fingerprint density at radius 3 is 2.62 bits per heavy atom. The summed E-state index contributed by atoms with van der Waals surface area (Å²) in [5.41, 5.74) is 2.83. The fourth-order valence-corrected chi connectivity index (χ4v) is 3.05. The highest BCUT2D eigenvalue weighted by Gasteiger charge is 2.23. The van der Waals surface area contributed by atoms with E-state index < -0.39 is 0 Å². The predicted molar refractivity (Wildman–Crippen MR) is 88.7 cm³/mol. The number of hydrogen-bond donors (Lipinski definition) is 1. The van der Waals surface area contributed by atoms with Crippen LogP contribution in [0.1, 0.15) is 43.9 Å². The standard InChI is InChI=1S/C18H30N2O/c1-4-6-15-7-9-16(10-8-15)18(19-5-2)13-20(3)17-11-12-21-14-17/h7-10,17-19H,4-6,11-14H2,1-3H3. The van der Waals surface area contributed by atoms with Gasteiger partial charge in [0.25, 0.3) is 0 Å². The Kier molecular flexibility index (Phi) is 6.68. The zero-order chi connectivity index (χ0) is 15.1. The summed E-state index contributed by atoms with van der Waals surface area (Å²) in [7, 11) is 2.22. The van der Waals surface area contributed by atoms with E-state index in [2.05, 4.69) is 55.4 Å². The van der Waals surface area contributed by atoms with Gasteiger partial charge >= 0.3 is 0 Å². The molecule has 2 unspecified atom stereocenters. The van der Waals surface area contributed by atoms with Gasteiger partial charge in [-0.1, -0.05) is 44.5 Å². The first kappa shape index (κ1) is 16.5. The summed E-state index contributed by atoms with van der Waals surface area (Å²) in [6.45, 7) is 8.23. The lowest BCUT2D eigenvalue weighted by Gasteiger charge is -2.29. The summed E-state index contributed by atoms with van der Waals surface area (Å²) < 4.78 is 5.51.